The second-order valence-electron chi connectivity index (χ2n) is 3.46. The highest BCUT2D eigenvalue weighted by atomic mass is 16.2. The molecule has 3 N–H and O–H groups in total. The molecule has 1 aromatic carbocycles. The van der Waals surface area contributed by atoms with E-state index in [9.17, 15) is 4.79 Å². The van der Waals surface area contributed by atoms with Crippen molar-refractivity contribution in [3.63, 3.8) is 0 Å². The van der Waals surface area contributed by atoms with Gasteiger partial charge in [-0.25, -0.2) is 4.79 Å². The van der Waals surface area contributed by atoms with Gasteiger partial charge in [-0.15, -0.1) is 0 Å². The predicted molar refractivity (Wildman–Crippen MR) is 72.9 cm³/mol. The molecule has 93 valence electrons. The van der Waals surface area contributed by atoms with Crippen LogP contribution in [-0.4, -0.2) is 11.0 Å². The molecule has 2 amide bonds. The van der Waals surface area contributed by atoms with Crippen molar-refractivity contribution in [2.24, 2.45) is 5.73 Å². The number of carbonyl (C=O) groups is 1. The number of rotatable bonds is 2. The average molecular weight is 242 g/mol. The number of aromatic nitrogens is 1. The van der Waals surface area contributed by atoms with E-state index in [2.05, 4.69) is 17.2 Å². The van der Waals surface area contributed by atoms with Gasteiger partial charge in [-0.1, -0.05) is 18.2 Å². The van der Waals surface area contributed by atoms with E-state index in [0.29, 0.717) is 5.69 Å². The smallest absolute Gasteiger partial charge is 0.316 e. The van der Waals surface area contributed by atoms with E-state index in [-0.39, 0.29) is 0 Å². The number of urea groups is 1. The molecule has 0 aliphatic rings. The summed E-state index contributed by atoms with van der Waals surface area (Å²) in [4.78, 5) is 14.2. The maximum absolute atomic E-state index is 10.4. The van der Waals surface area contributed by atoms with Crippen LogP contribution in [0, 0.1) is 6.92 Å². The summed E-state index contributed by atoms with van der Waals surface area (Å²) >= 11 is 0. The zero-order chi connectivity index (χ0) is 13.2. The molecule has 0 atom stereocenters. The summed E-state index contributed by atoms with van der Waals surface area (Å²) in [6, 6.07) is 12.6. The van der Waals surface area contributed by atoms with Gasteiger partial charge in [-0.05, 0) is 43.2 Å². The second kappa shape index (κ2) is 7.84. The summed E-state index contributed by atoms with van der Waals surface area (Å²) < 4.78 is 0. The number of pyridine rings is 1. The topological polar surface area (TPSA) is 68.0 Å². The van der Waals surface area contributed by atoms with Gasteiger partial charge in [0, 0.05) is 18.1 Å². The third-order valence-electron chi connectivity index (χ3n) is 2.08. The lowest BCUT2D eigenvalue weighted by Crippen LogP contribution is -2.19. The molecular formula is C14H16N3O. The number of nitrogens with zero attached hydrogens (tertiary/aromatic N) is 1. The molecule has 0 saturated heterocycles. The Bertz CT molecular complexity index is 428. The molecule has 2 aromatic rings. The summed E-state index contributed by atoms with van der Waals surface area (Å²) in [6.45, 7) is 3.73. The van der Waals surface area contributed by atoms with Crippen molar-refractivity contribution in [2.75, 3.05) is 5.32 Å². The number of nitrogens with two attached hydrogens (primary N) is 1. The van der Waals surface area contributed by atoms with Gasteiger partial charge in [-0.3, -0.25) is 4.98 Å². The van der Waals surface area contributed by atoms with Crippen molar-refractivity contribution in [1.29, 1.82) is 0 Å². The number of anilines is 1. The van der Waals surface area contributed by atoms with Gasteiger partial charge in [0.2, 0.25) is 0 Å². The maximum atomic E-state index is 10.4. The lowest BCUT2D eigenvalue weighted by molar-refractivity contribution is 0.259. The Morgan fingerprint density at radius 2 is 1.78 bits per heavy atom. The normalized spacial score (nSPS) is 8.94. The van der Waals surface area contributed by atoms with Gasteiger partial charge in [0.05, 0.1) is 0 Å². The first kappa shape index (κ1) is 13.7. The molecule has 2 rings (SSSR count). The summed E-state index contributed by atoms with van der Waals surface area (Å²) in [5.41, 5.74) is 6.77. The highest BCUT2D eigenvalue weighted by Crippen LogP contribution is 2.08. The Morgan fingerprint density at radius 1 is 1.17 bits per heavy atom. The summed E-state index contributed by atoms with van der Waals surface area (Å²) in [5.74, 6) is 0. The van der Waals surface area contributed by atoms with Crippen LogP contribution in [0.2, 0.25) is 0 Å². The van der Waals surface area contributed by atoms with Crippen LogP contribution in [0.4, 0.5) is 10.5 Å². The number of nitrogens with one attached hydrogen (secondary N) is 1. The molecule has 0 spiro atoms. The van der Waals surface area contributed by atoms with E-state index >= 15 is 0 Å². The number of amides is 2. The van der Waals surface area contributed by atoms with Gasteiger partial charge < -0.3 is 11.1 Å². The van der Waals surface area contributed by atoms with Gasteiger partial charge in [0.1, 0.15) is 0 Å². The first-order valence-corrected chi connectivity index (χ1v) is 5.52. The van der Waals surface area contributed by atoms with Crippen molar-refractivity contribution in [3.8, 4) is 0 Å². The molecule has 0 bridgehead atoms. The van der Waals surface area contributed by atoms with Crippen molar-refractivity contribution < 1.29 is 4.79 Å². The van der Waals surface area contributed by atoms with Gasteiger partial charge in [-0.2, -0.15) is 0 Å². The van der Waals surface area contributed by atoms with Crippen LogP contribution in [0.5, 0.6) is 0 Å². The SMILES string of the molecule is [CH2]Cc1ccc(NC(N)=O)cc1.c1ccncc1. The van der Waals surface area contributed by atoms with E-state index < -0.39 is 6.03 Å². The van der Waals surface area contributed by atoms with Gasteiger partial charge in [0.15, 0.2) is 0 Å². The molecule has 0 aliphatic carbocycles. The van der Waals surface area contributed by atoms with Crippen LogP contribution in [0.15, 0.2) is 54.9 Å². The molecule has 1 radical (unpaired) electrons. The summed E-state index contributed by atoms with van der Waals surface area (Å²) in [5, 5.41) is 2.47. The summed E-state index contributed by atoms with van der Waals surface area (Å²) in [6.07, 6.45) is 4.25. The first-order valence-electron chi connectivity index (χ1n) is 5.52. The molecule has 18 heavy (non-hydrogen) atoms. The van der Waals surface area contributed by atoms with Crippen molar-refractivity contribution in [3.05, 3.63) is 67.3 Å². The molecule has 0 fully saturated rings. The highest BCUT2D eigenvalue weighted by Gasteiger charge is 1.94. The molecule has 1 heterocycles. The van der Waals surface area contributed by atoms with Gasteiger partial charge >= 0.3 is 6.03 Å². The van der Waals surface area contributed by atoms with Crippen LogP contribution in [0.3, 0.4) is 0 Å². The van der Waals surface area contributed by atoms with E-state index in [1.165, 1.54) is 0 Å². The van der Waals surface area contributed by atoms with Crippen molar-refractivity contribution in [2.45, 2.75) is 6.42 Å². The lowest BCUT2D eigenvalue weighted by atomic mass is 10.1. The Labute approximate surface area is 107 Å². The minimum absolute atomic E-state index is 0.544. The lowest BCUT2D eigenvalue weighted by Gasteiger charge is -2.01. The molecule has 4 heteroatoms. The predicted octanol–water partition coefficient (Wildman–Crippen LogP) is 2.64. The van der Waals surface area contributed by atoms with Crippen LogP contribution in [0.1, 0.15) is 5.56 Å². The van der Waals surface area contributed by atoms with Crippen LogP contribution in [0.25, 0.3) is 0 Å². The van der Waals surface area contributed by atoms with Gasteiger partial charge in [0.25, 0.3) is 0 Å². The molecular weight excluding hydrogens is 226 g/mol. The fourth-order valence-electron chi connectivity index (χ4n) is 1.21. The zero-order valence-corrected chi connectivity index (χ0v) is 10.0. The Morgan fingerprint density at radius 3 is 2.11 bits per heavy atom. The number of primary amides is 1. The molecule has 4 nitrogen and oxygen atoms in total. The molecule has 0 unspecified atom stereocenters. The van der Waals surface area contributed by atoms with Crippen LogP contribution >= 0.6 is 0 Å². The third-order valence-corrected chi connectivity index (χ3v) is 2.08. The maximum Gasteiger partial charge on any atom is 0.316 e. The molecule has 0 saturated carbocycles. The number of benzene rings is 1. The van der Waals surface area contributed by atoms with E-state index in [1.54, 1.807) is 24.5 Å². The van der Waals surface area contributed by atoms with E-state index in [0.717, 1.165) is 12.0 Å². The van der Waals surface area contributed by atoms with Crippen molar-refractivity contribution >= 4 is 11.7 Å². The Kier molecular flexibility index (Phi) is 5.97. The monoisotopic (exact) mass is 242 g/mol. The standard InChI is InChI=1S/C9H11N2O.C5H5N/c1-2-7-3-5-8(6-4-7)11-9(10)12;1-2-4-6-5-3-1/h3-6H,1-2H2,(H3,10,11,12);1-5H. The third kappa shape index (κ3) is 5.65. The summed E-state index contributed by atoms with van der Waals surface area (Å²) in [7, 11) is 0. The number of hydrogen-bond donors (Lipinski definition) is 2. The molecule has 1 aromatic heterocycles. The first-order chi connectivity index (χ1) is 8.72. The largest absolute Gasteiger partial charge is 0.351 e. The van der Waals surface area contributed by atoms with E-state index in [1.807, 2.05) is 30.3 Å². The molecule has 0 aliphatic heterocycles. The van der Waals surface area contributed by atoms with E-state index in [4.69, 9.17) is 5.73 Å². The Balaban J connectivity index is 0.000000225. The fraction of sp³-hybridized carbons (Fsp3) is 0.0714. The minimum atomic E-state index is -0.544. The quantitative estimate of drug-likeness (QED) is 0.850. The highest BCUT2D eigenvalue weighted by molar-refractivity contribution is 5.87. The fourth-order valence-corrected chi connectivity index (χ4v) is 1.21. The zero-order valence-electron chi connectivity index (χ0n) is 10.0. The number of carbonyl (C=O) groups excluding carboxylic acids is 1. The minimum Gasteiger partial charge on any atom is -0.351 e. The van der Waals surface area contributed by atoms with Crippen LogP contribution in [-0.2, 0) is 6.42 Å². The van der Waals surface area contributed by atoms with Crippen molar-refractivity contribution in [1.82, 2.24) is 4.98 Å². The Hall–Kier alpha value is -2.36. The van der Waals surface area contributed by atoms with Crippen LogP contribution < -0.4 is 11.1 Å². The second-order valence-corrected chi connectivity index (χ2v) is 3.46. The average Bonchev–Trinajstić information content (AvgIpc) is 2.42. The number of hydrogen-bond acceptors (Lipinski definition) is 2.